The Morgan fingerprint density at radius 2 is 2.10 bits per heavy atom. The van der Waals surface area contributed by atoms with E-state index in [1.165, 1.54) is 28.2 Å². The predicted molar refractivity (Wildman–Crippen MR) is 111 cm³/mol. The summed E-state index contributed by atoms with van der Waals surface area (Å²) in [7, 11) is 0. The van der Waals surface area contributed by atoms with E-state index in [9.17, 15) is 9.18 Å². The molecule has 0 radical (unpaired) electrons. The Labute approximate surface area is 175 Å². The van der Waals surface area contributed by atoms with Crippen LogP contribution in [0.25, 0.3) is 15.9 Å². The van der Waals surface area contributed by atoms with Crippen LogP contribution in [-0.2, 0) is 0 Å². The first-order valence-corrected chi connectivity index (χ1v) is 10.4. The lowest BCUT2D eigenvalue weighted by Crippen LogP contribution is -2.43. The van der Waals surface area contributed by atoms with Gasteiger partial charge in [0.05, 0.1) is 28.3 Å². The molecule has 3 aromatic heterocycles. The zero-order chi connectivity index (χ0) is 20.5. The lowest BCUT2D eigenvalue weighted by Gasteiger charge is -2.22. The van der Waals surface area contributed by atoms with Crippen LogP contribution in [0.3, 0.4) is 0 Å². The fraction of sp³-hybridized carbons (Fsp3) is 0.250. The molecule has 3 heterocycles. The van der Waals surface area contributed by atoms with E-state index in [0.29, 0.717) is 11.4 Å². The standard InChI is InChI=1S/C20H18FN7OS/c21-12-6-7-15-17(11-12)30-20(26-15)25-14-4-1-3-13(14)24-19(29)18-16(5-2-8-22-18)28-10-9-23-27-28/h2,5-11,13-14H,1,3-4H2,(H,24,29)(H,25,26)/t13?,14-/m0/s1. The average Bonchev–Trinajstić information content (AvgIpc) is 3.49. The molecule has 8 nitrogen and oxygen atoms in total. The third-order valence-corrected chi connectivity index (χ3v) is 6.11. The molecule has 2 N–H and O–H groups in total. The zero-order valence-electron chi connectivity index (χ0n) is 15.8. The number of carbonyl (C=O) groups is 1. The number of aromatic nitrogens is 5. The minimum Gasteiger partial charge on any atom is -0.357 e. The number of benzene rings is 1. The van der Waals surface area contributed by atoms with Gasteiger partial charge >= 0.3 is 0 Å². The Morgan fingerprint density at radius 1 is 1.20 bits per heavy atom. The molecule has 0 bridgehead atoms. The molecule has 152 valence electrons. The van der Waals surface area contributed by atoms with Gasteiger partial charge in [-0.3, -0.25) is 4.79 Å². The summed E-state index contributed by atoms with van der Waals surface area (Å²) >= 11 is 1.41. The molecule has 2 atom stereocenters. The number of hydrogen-bond acceptors (Lipinski definition) is 7. The molecular weight excluding hydrogens is 405 g/mol. The van der Waals surface area contributed by atoms with Crippen LogP contribution in [0, 0.1) is 5.82 Å². The maximum atomic E-state index is 13.4. The fourth-order valence-electron chi connectivity index (χ4n) is 3.75. The van der Waals surface area contributed by atoms with Gasteiger partial charge in [-0.2, -0.15) is 0 Å². The lowest BCUT2D eigenvalue weighted by molar-refractivity contribution is 0.0930. The summed E-state index contributed by atoms with van der Waals surface area (Å²) in [5.74, 6) is -0.534. The van der Waals surface area contributed by atoms with E-state index in [2.05, 4.69) is 30.9 Å². The molecule has 1 amide bonds. The molecule has 1 unspecified atom stereocenters. The van der Waals surface area contributed by atoms with Crippen LogP contribution >= 0.6 is 11.3 Å². The van der Waals surface area contributed by atoms with Crippen molar-refractivity contribution < 1.29 is 9.18 Å². The number of pyridine rings is 1. The summed E-state index contributed by atoms with van der Waals surface area (Å²) in [6, 6.07) is 8.07. The largest absolute Gasteiger partial charge is 0.357 e. The van der Waals surface area contributed by atoms with Crippen LogP contribution in [0.5, 0.6) is 0 Å². The van der Waals surface area contributed by atoms with Crippen molar-refractivity contribution in [1.29, 1.82) is 0 Å². The molecule has 5 rings (SSSR count). The third kappa shape index (κ3) is 3.61. The highest BCUT2D eigenvalue weighted by Gasteiger charge is 2.30. The number of rotatable bonds is 5. The van der Waals surface area contributed by atoms with Gasteiger partial charge in [0.1, 0.15) is 5.82 Å². The average molecular weight is 423 g/mol. The van der Waals surface area contributed by atoms with Crippen molar-refractivity contribution in [2.75, 3.05) is 5.32 Å². The van der Waals surface area contributed by atoms with Crippen molar-refractivity contribution in [3.8, 4) is 5.69 Å². The number of nitrogens with zero attached hydrogens (tertiary/aromatic N) is 5. The molecule has 1 aliphatic carbocycles. The van der Waals surface area contributed by atoms with Gasteiger partial charge in [-0.1, -0.05) is 16.6 Å². The molecule has 1 aliphatic rings. The van der Waals surface area contributed by atoms with Gasteiger partial charge in [-0.25, -0.2) is 19.0 Å². The monoisotopic (exact) mass is 423 g/mol. The van der Waals surface area contributed by atoms with Gasteiger partial charge in [-0.15, -0.1) is 5.10 Å². The van der Waals surface area contributed by atoms with Crippen molar-refractivity contribution in [2.45, 2.75) is 31.3 Å². The molecule has 30 heavy (non-hydrogen) atoms. The number of amides is 1. The van der Waals surface area contributed by atoms with E-state index >= 15 is 0 Å². The highest BCUT2D eigenvalue weighted by Crippen LogP contribution is 2.30. The summed E-state index contributed by atoms with van der Waals surface area (Å²) in [5, 5.41) is 15.0. The first-order chi connectivity index (χ1) is 14.7. The molecule has 1 saturated carbocycles. The Hall–Kier alpha value is -3.40. The second-order valence-electron chi connectivity index (χ2n) is 7.11. The van der Waals surface area contributed by atoms with Gasteiger partial charge < -0.3 is 10.6 Å². The van der Waals surface area contributed by atoms with E-state index in [4.69, 9.17) is 0 Å². The molecule has 0 spiro atoms. The van der Waals surface area contributed by atoms with Crippen LogP contribution in [0.15, 0.2) is 48.9 Å². The van der Waals surface area contributed by atoms with E-state index in [1.807, 2.05) is 0 Å². The van der Waals surface area contributed by atoms with E-state index < -0.39 is 0 Å². The number of anilines is 1. The third-order valence-electron chi connectivity index (χ3n) is 5.16. The van der Waals surface area contributed by atoms with Gasteiger partial charge in [-0.05, 0) is 49.6 Å². The second kappa shape index (κ2) is 7.79. The molecule has 1 fully saturated rings. The quantitative estimate of drug-likeness (QED) is 0.512. The Bertz CT molecular complexity index is 1190. The smallest absolute Gasteiger partial charge is 0.272 e. The lowest BCUT2D eigenvalue weighted by atomic mass is 10.1. The van der Waals surface area contributed by atoms with Crippen molar-refractivity contribution in [3.63, 3.8) is 0 Å². The van der Waals surface area contributed by atoms with Gasteiger partial charge in [0, 0.05) is 18.3 Å². The summed E-state index contributed by atoms with van der Waals surface area (Å²) < 4.78 is 15.8. The second-order valence-corrected chi connectivity index (χ2v) is 8.14. The number of fused-ring (bicyclic) bond motifs is 1. The Morgan fingerprint density at radius 3 is 2.97 bits per heavy atom. The fourth-order valence-corrected chi connectivity index (χ4v) is 4.71. The Kier molecular flexibility index (Phi) is 4.83. The Balaban J connectivity index is 1.33. The molecule has 4 aromatic rings. The van der Waals surface area contributed by atoms with Crippen molar-refractivity contribution in [3.05, 3.63) is 60.4 Å². The van der Waals surface area contributed by atoms with Crippen LogP contribution < -0.4 is 10.6 Å². The maximum absolute atomic E-state index is 13.4. The molecule has 1 aromatic carbocycles. The zero-order valence-corrected chi connectivity index (χ0v) is 16.6. The predicted octanol–water partition coefficient (Wildman–Crippen LogP) is 3.17. The van der Waals surface area contributed by atoms with E-state index in [0.717, 1.165) is 34.6 Å². The van der Waals surface area contributed by atoms with Crippen molar-refractivity contribution in [2.24, 2.45) is 0 Å². The van der Waals surface area contributed by atoms with Crippen LogP contribution in [0.2, 0.25) is 0 Å². The number of halogens is 1. The number of hydrogen-bond donors (Lipinski definition) is 2. The minimum atomic E-state index is -0.276. The van der Waals surface area contributed by atoms with Gasteiger partial charge in [0.2, 0.25) is 0 Å². The first kappa shape index (κ1) is 18.6. The summed E-state index contributed by atoms with van der Waals surface area (Å²) in [6.45, 7) is 0. The van der Waals surface area contributed by atoms with Gasteiger partial charge in [0.15, 0.2) is 10.8 Å². The van der Waals surface area contributed by atoms with Crippen molar-refractivity contribution >= 4 is 32.6 Å². The first-order valence-electron chi connectivity index (χ1n) is 9.62. The SMILES string of the molecule is O=C(NC1CCC[C@@H]1Nc1nc2ccc(F)cc2s1)c1ncccc1-n1ccnn1. The van der Waals surface area contributed by atoms with Crippen LogP contribution in [0.1, 0.15) is 29.8 Å². The minimum absolute atomic E-state index is 0.0397. The topological polar surface area (TPSA) is 97.6 Å². The summed E-state index contributed by atoms with van der Waals surface area (Å²) in [6.07, 6.45) is 7.56. The number of thiazole rings is 1. The molecular formula is C20H18FN7OS. The molecule has 0 aliphatic heterocycles. The van der Waals surface area contributed by atoms with Gasteiger partial charge in [0.25, 0.3) is 5.91 Å². The molecule has 10 heteroatoms. The van der Waals surface area contributed by atoms with E-state index in [1.54, 1.807) is 36.8 Å². The number of carbonyl (C=O) groups excluding carboxylic acids is 1. The normalized spacial score (nSPS) is 18.6. The highest BCUT2D eigenvalue weighted by atomic mass is 32.1. The summed E-state index contributed by atoms with van der Waals surface area (Å²) in [5.41, 5.74) is 1.63. The van der Waals surface area contributed by atoms with Crippen LogP contribution in [-0.4, -0.2) is 43.0 Å². The number of nitrogens with one attached hydrogen (secondary N) is 2. The molecule has 0 saturated heterocycles. The summed E-state index contributed by atoms with van der Waals surface area (Å²) in [4.78, 5) is 21.8. The van der Waals surface area contributed by atoms with Crippen LogP contribution in [0.4, 0.5) is 9.52 Å². The highest BCUT2D eigenvalue weighted by molar-refractivity contribution is 7.22. The maximum Gasteiger partial charge on any atom is 0.272 e. The van der Waals surface area contributed by atoms with E-state index in [-0.39, 0.29) is 23.8 Å². The van der Waals surface area contributed by atoms with Crippen molar-refractivity contribution in [1.82, 2.24) is 30.3 Å².